The van der Waals surface area contributed by atoms with E-state index in [1.165, 1.54) is 0 Å². The molecule has 5 heteroatoms. The van der Waals surface area contributed by atoms with Gasteiger partial charge in [-0.1, -0.05) is 0 Å². The molecule has 0 N–H and O–H groups in total. The second-order valence-electron chi connectivity index (χ2n) is 3.61. The summed E-state index contributed by atoms with van der Waals surface area (Å²) in [5, 5.41) is 1.18. The molecule has 0 atom stereocenters. The average molecular weight is 333 g/mol. The number of carbonyl (C=O) groups is 1. The Hall–Kier alpha value is -0.601. The second kappa shape index (κ2) is 4.95. The van der Waals surface area contributed by atoms with Gasteiger partial charge in [0.15, 0.2) is 0 Å². The van der Waals surface area contributed by atoms with E-state index in [0.29, 0.717) is 10.0 Å². The van der Waals surface area contributed by atoms with Gasteiger partial charge in [-0.05, 0) is 0 Å². The maximum atomic E-state index is 11.4. The first-order chi connectivity index (χ1) is 7.99. The quantitative estimate of drug-likeness (QED) is 0.621. The van der Waals surface area contributed by atoms with Crippen molar-refractivity contribution in [3.05, 3.63) is 38.4 Å². The predicted molar refractivity (Wildman–Crippen MR) is 71.4 cm³/mol. The van der Waals surface area contributed by atoms with E-state index in [0.717, 1.165) is 20.3 Å². The number of carbonyl (C=O) groups excluding carboxylic acids is 1. The summed E-state index contributed by atoms with van der Waals surface area (Å²) in [7, 11) is 0. The number of aromatic nitrogens is 1. The van der Waals surface area contributed by atoms with Crippen molar-refractivity contribution in [2.24, 2.45) is 0 Å². The standard InChI is InChI=1S/C12H9Cl2NOSe/c1-6-11(7(2)16)17-12(15-6)9-4-3-8(13)5-10(9)14/h3-5H,1-2H3. The van der Waals surface area contributed by atoms with E-state index in [2.05, 4.69) is 4.98 Å². The van der Waals surface area contributed by atoms with Crippen molar-refractivity contribution in [3.8, 4) is 10.1 Å². The van der Waals surface area contributed by atoms with E-state index < -0.39 is 0 Å². The van der Waals surface area contributed by atoms with Crippen LogP contribution in [0.5, 0.6) is 0 Å². The van der Waals surface area contributed by atoms with Gasteiger partial charge < -0.3 is 0 Å². The monoisotopic (exact) mass is 333 g/mol. The molecule has 1 aromatic heterocycles. The fourth-order valence-corrected chi connectivity index (χ4v) is 4.23. The average Bonchev–Trinajstić information content (AvgIpc) is 2.60. The molecule has 0 amide bonds. The number of nitrogens with zero attached hydrogens (tertiary/aromatic N) is 1. The molecular formula is C12H9Cl2NOSe. The molecule has 0 aliphatic rings. The van der Waals surface area contributed by atoms with Crippen LogP contribution < -0.4 is 0 Å². The fourth-order valence-electron chi connectivity index (χ4n) is 1.50. The third-order valence-electron chi connectivity index (χ3n) is 2.28. The van der Waals surface area contributed by atoms with Gasteiger partial charge in [0, 0.05) is 0 Å². The molecule has 2 aromatic rings. The second-order valence-corrected chi connectivity index (χ2v) is 6.55. The Morgan fingerprint density at radius 1 is 1.35 bits per heavy atom. The molecule has 0 saturated heterocycles. The first kappa shape index (κ1) is 12.8. The van der Waals surface area contributed by atoms with Crippen LogP contribution in [0.3, 0.4) is 0 Å². The van der Waals surface area contributed by atoms with Crippen LogP contribution in [-0.4, -0.2) is 25.3 Å². The molecule has 0 aliphatic carbocycles. The Kier molecular flexibility index (Phi) is 3.74. The molecule has 2 rings (SSSR count). The molecule has 2 nitrogen and oxygen atoms in total. The normalized spacial score (nSPS) is 10.6. The number of Topliss-reactive ketones (excluding diaryl/α,β-unsaturated/α-hetero) is 1. The number of rotatable bonds is 2. The fraction of sp³-hybridized carbons (Fsp3) is 0.167. The number of aryl methyl sites for hydroxylation is 1. The summed E-state index contributed by atoms with van der Waals surface area (Å²) in [5.41, 5.74) is 1.67. The minimum absolute atomic E-state index is 0.0621. The van der Waals surface area contributed by atoms with Crippen molar-refractivity contribution in [2.45, 2.75) is 13.8 Å². The van der Waals surface area contributed by atoms with E-state index in [9.17, 15) is 4.79 Å². The van der Waals surface area contributed by atoms with Crippen molar-refractivity contribution in [1.82, 2.24) is 4.98 Å². The Morgan fingerprint density at radius 2 is 2.06 bits per heavy atom. The van der Waals surface area contributed by atoms with Crippen LogP contribution >= 0.6 is 23.2 Å². The molecule has 0 bridgehead atoms. The van der Waals surface area contributed by atoms with E-state index in [-0.39, 0.29) is 20.3 Å². The van der Waals surface area contributed by atoms with Crippen molar-refractivity contribution in [1.29, 1.82) is 0 Å². The Bertz CT molecular complexity index is 592. The predicted octanol–water partition coefficient (Wildman–Crippen LogP) is 3.62. The van der Waals surface area contributed by atoms with Crippen LogP contribution in [0.4, 0.5) is 0 Å². The number of hydrogen-bond donors (Lipinski definition) is 0. The molecule has 0 aliphatic heterocycles. The Balaban J connectivity index is 2.53. The topological polar surface area (TPSA) is 30.0 Å². The van der Waals surface area contributed by atoms with Crippen LogP contribution in [0.15, 0.2) is 18.2 Å². The molecule has 0 unspecified atom stereocenters. The molecule has 17 heavy (non-hydrogen) atoms. The van der Waals surface area contributed by atoms with Crippen molar-refractivity contribution in [2.75, 3.05) is 0 Å². The van der Waals surface area contributed by atoms with Gasteiger partial charge >= 0.3 is 116 Å². The number of halogens is 2. The van der Waals surface area contributed by atoms with E-state index in [1.807, 2.05) is 13.0 Å². The van der Waals surface area contributed by atoms with Gasteiger partial charge in [-0.15, -0.1) is 0 Å². The van der Waals surface area contributed by atoms with Crippen molar-refractivity contribution in [3.63, 3.8) is 0 Å². The molecule has 1 aromatic carbocycles. The summed E-state index contributed by atoms with van der Waals surface area (Å²) < 4.78 is 1.71. The van der Waals surface area contributed by atoms with Gasteiger partial charge in [-0.3, -0.25) is 0 Å². The van der Waals surface area contributed by atoms with Crippen LogP contribution in [-0.2, 0) is 0 Å². The van der Waals surface area contributed by atoms with E-state index >= 15 is 0 Å². The minimum atomic E-state index is -0.0621. The van der Waals surface area contributed by atoms with Crippen molar-refractivity contribution >= 4 is 43.5 Å². The first-order valence-electron chi connectivity index (χ1n) is 4.93. The Morgan fingerprint density at radius 3 is 2.59 bits per heavy atom. The van der Waals surface area contributed by atoms with Gasteiger partial charge in [0.1, 0.15) is 0 Å². The molecule has 1 heterocycles. The molecular weight excluding hydrogens is 324 g/mol. The zero-order valence-electron chi connectivity index (χ0n) is 9.25. The van der Waals surface area contributed by atoms with Crippen LogP contribution in [0, 0.1) is 6.92 Å². The summed E-state index contributed by atoms with van der Waals surface area (Å²) in [6.45, 7) is 3.43. The summed E-state index contributed by atoms with van der Waals surface area (Å²) in [5.74, 6) is 0.0892. The molecule has 0 fully saturated rings. The first-order valence-corrected chi connectivity index (χ1v) is 7.39. The van der Waals surface area contributed by atoms with Gasteiger partial charge in [0.05, 0.1) is 0 Å². The summed E-state index contributed by atoms with van der Waals surface area (Å²) in [4.78, 5) is 15.8. The molecule has 0 radical (unpaired) electrons. The van der Waals surface area contributed by atoms with Crippen LogP contribution in [0.25, 0.3) is 10.1 Å². The van der Waals surface area contributed by atoms with E-state index in [1.54, 1.807) is 19.1 Å². The number of benzene rings is 1. The number of hydrogen-bond acceptors (Lipinski definition) is 2. The van der Waals surface area contributed by atoms with Gasteiger partial charge in [-0.2, -0.15) is 0 Å². The van der Waals surface area contributed by atoms with Crippen molar-refractivity contribution < 1.29 is 4.79 Å². The summed E-state index contributed by atoms with van der Waals surface area (Å²) in [6.07, 6.45) is 0. The SMILES string of the molecule is CC(=O)c1[se]c(-c2ccc(Cl)cc2Cl)nc1C. The maximum absolute atomic E-state index is 11.4. The zero-order valence-corrected chi connectivity index (χ0v) is 12.5. The molecule has 88 valence electrons. The third-order valence-corrected chi connectivity index (χ3v) is 5.54. The van der Waals surface area contributed by atoms with Gasteiger partial charge in [-0.25, -0.2) is 0 Å². The van der Waals surface area contributed by atoms with Gasteiger partial charge in [0.25, 0.3) is 0 Å². The van der Waals surface area contributed by atoms with Crippen LogP contribution in [0.1, 0.15) is 21.8 Å². The third kappa shape index (κ3) is 2.63. The zero-order chi connectivity index (χ0) is 12.6. The van der Waals surface area contributed by atoms with Crippen LogP contribution in [0.2, 0.25) is 10.0 Å². The molecule has 0 saturated carbocycles. The number of ketones is 1. The molecule has 0 spiro atoms. The van der Waals surface area contributed by atoms with E-state index in [4.69, 9.17) is 23.2 Å². The summed E-state index contributed by atoms with van der Waals surface area (Å²) in [6, 6.07) is 5.32. The Labute approximate surface area is 115 Å². The summed E-state index contributed by atoms with van der Waals surface area (Å²) >= 11 is 11.9. The van der Waals surface area contributed by atoms with Gasteiger partial charge in [0.2, 0.25) is 0 Å².